The summed E-state index contributed by atoms with van der Waals surface area (Å²) >= 11 is 0. The van der Waals surface area contributed by atoms with E-state index in [0.29, 0.717) is 48.1 Å². The molecule has 0 saturated heterocycles. The summed E-state index contributed by atoms with van der Waals surface area (Å²) in [7, 11) is 3.16. The van der Waals surface area contributed by atoms with Crippen LogP contribution in [-0.2, 0) is 6.42 Å². The molecule has 0 radical (unpaired) electrons. The van der Waals surface area contributed by atoms with Gasteiger partial charge in [-0.3, -0.25) is 4.79 Å². The van der Waals surface area contributed by atoms with Gasteiger partial charge in [0, 0.05) is 12.1 Å². The summed E-state index contributed by atoms with van der Waals surface area (Å²) in [5.74, 6) is 2.87. The van der Waals surface area contributed by atoms with Crippen molar-refractivity contribution in [1.82, 2.24) is 4.90 Å². The van der Waals surface area contributed by atoms with E-state index in [-0.39, 0.29) is 12.7 Å². The molecule has 0 bridgehead atoms. The van der Waals surface area contributed by atoms with Gasteiger partial charge in [0.25, 0.3) is 5.91 Å². The second kappa shape index (κ2) is 9.62. The number of methoxy groups -OCH3 is 2. The van der Waals surface area contributed by atoms with Crippen LogP contribution in [0.15, 0.2) is 67.3 Å². The molecule has 0 saturated carbocycles. The molecule has 0 aliphatic carbocycles. The molecular formula is C28H27NO6. The topological polar surface area (TPSA) is 66.5 Å². The Morgan fingerprint density at radius 2 is 1.74 bits per heavy atom. The Bertz CT molecular complexity index is 1230. The van der Waals surface area contributed by atoms with Gasteiger partial charge in [-0.1, -0.05) is 30.9 Å². The minimum atomic E-state index is -0.391. The predicted molar refractivity (Wildman–Crippen MR) is 131 cm³/mol. The number of ether oxygens (including phenoxy) is 5. The summed E-state index contributed by atoms with van der Waals surface area (Å²) in [6.07, 6.45) is 2.36. The summed E-state index contributed by atoms with van der Waals surface area (Å²) in [6, 6.07) is 16.7. The molecule has 2 aliphatic rings. The number of hydrogen-bond acceptors (Lipinski definition) is 6. The molecule has 7 nitrogen and oxygen atoms in total. The maximum absolute atomic E-state index is 13.7. The van der Waals surface area contributed by atoms with Crippen molar-refractivity contribution in [3.05, 3.63) is 89.5 Å². The monoisotopic (exact) mass is 473 g/mol. The first-order chi connectivity index (χ1) is 17.1. The van der Waals surface area contributed by atoms with Gasteiger partial charge in [0.15, 0.2) is 23.0 Å². The van der Waals surface area contributed by atoms with Crippen LogP contribution < -0.4 is 23.7 Å². The maximum atomic E-state index is 13.7. The third-order valence-corrected chi connectivity index (χ3v) is 6.29. The van der Waals surface area contributed by atoms with Crippen LogP contribution in [0.3, 0.4) is 0 Å². The van der Waals surface area contributed by atoms with E-state index in [2.05, 4.69) is 6.58 Å². The Balaban J connectivity index is 1.67. The number of rotatable bonds is 7. The summed E-state index contributed by atoms with van der Waals surface area (Å²) in [5.41, 5.74) is 3.57. The Hall–Kier alpha value is -4.13. The number of amides is 1. The van der Waals surface area contributed by atoms with Crippen molar-refractivity contribution in [2.75, 3.05) is 34.2 Å². The van der Waals surface area contributed by atoms with Crippen molar-refractivity contribution in [3.8, 4) is 28.7 Å². The van der Waals surface area contributed by atoms with Crippen molar-refractivity contribution in [1.29, 1.82) is 0 Å². The van der Waals surface area contributed by atoms with Crippen LogP contribution in [0.4, 0.5) is 0 Å². The highest BCUT2D eigenvalue weighted by Crippen LogP contribution is 2.47. The van der Waals surface area contributed by atoms with E-state index in [4.69, 9.17) is 23.7 Å². The van der Waals surface area contributed by atoms with Gasteiger partial charge in [0.2, 0.25) is 12.5 Å². The van der Waals surface area contributed by atoms with Crippen LogP contribution in [0, 0.1) is 0 Å². The largest absolute Gasteiger partial charge is 0.493 e. The van der Waals surface area contributed by atoms with Gasteiger partial charge in [0.05, 0.1) is 20.3 Å². The van der Waals surface area contributed by atoms with Gasteiger partial charge in [-0.2, -0.15) is 0 Å². The summed E-state index contributed by atoms with van der Waals surface area (Å²) in [4.78, 5) is 15.6. The molecule has 0 N–H and O–H groups in total. The van der Waals surface area contributed by atoms with Gasteiger partial charge < -0.3 is 28.6 Å². The third kappa shape index (κ3) is 4.14. The summed E-state index contributed by atoms with van der Waals surface area (Å²) in [6.45, 7) is 4.76. The van der Waals surface area contributed by atoms with Crippen molar-refractivity contribution in [2.24, 2.45) is 0 Å². The number of fused-ring (bicyclic) bond motifs is 2. The van der Waals surface area contributed by atoms with Gasteiger partial charge in [-0.25, -0.2) is 0 Å². The lowest BCUT2D eigenvalue weighted by atomic mass is 9.87. The predicted octanol–water partition coefficient (Wildman–Crippen LogP) is 4.79. The third-order valence-electron chi connectivity index (χ3n) is 6.29. The SMILES string of the molecule is C=CCOc1c(OC)cc(C2c3cc4c(cc3CCN2C(=O)c2ccccc2)OCO4)cc1OC. The second-order valence-corrected chi connectivity index (χ2v) is 8.28. The van der Waals surface area contributed by atoms with E-state index < -0.39 is 6.04 Å². The molecule has 1 atom stereocenters. The van der Waals surface area contributed by atoms with Crippen molar-refractivity contribution in [3.63, 3.8) is 0 Å². The van der Waals surface area contributed by atoms with Crippen LogP contribution in [0.2, 0.25) is 0 Å². The Kier molecular flexibility index (Phi) is 6.23. The highest BCUT2D eigenvalue weighted by molar-refractivity contribution is 5.95. The number of hydrogen-bond donors (Lipinski definition) is 0. The highest BCUT2D eigenvalue weighted by Gasteiger charge is 2.35. The molecule has 2 aliphatic heterocycles. The number of carbonyl (C=O) groups is 1. The van der Waals surface area contributed by atoms with E-state index >= 15 is 0 Å². The van der Waals surface area contributed by atoms with E-state index in [1.54, 1.807) is 20.3 Å². The van der Waals surface area contributed by atoms with Gasteiger partial charge in [-0.15, -0.1) is 0 Å². The van der Waals surface area contributed by atoms with Gasteiger partial charge in [0.1, 0.15) is 6.61 Å². The van der Waals surface area contributed by atoms with Crippen molar-refractivity contribution >= 4 is 5.91 Å². The lowest BCUT2D eigenvalue weighted by Crippen LogP contribution is -2.40. The fraction of sp³-hybridized carbons (Fsp3) is 0.250. The first-order valence-electron chi connectivity index (χ1n) is 11.4. The van der Waals surface area contributed by atoms with Crippen LogP contribution in [0.1, 0.15) is 33.1 Å². The van der Waals surface area contributed by atoms with Crippen molar-refractivity contribution in [2.45, 2.75) is 12.5 Å². The molecule has 3 aromatic rings. The molecule has 0 spiro atoms. The first-order valence-corrected chi connectivity index (χ1v) is 11.4. The molecule has 35 heavy (non-hydrogen) atoms. The molecule has 7 heteroatoms. The summed E-state index contributed by atoms with van der Waals surface area (Å²) in [5, 5.41) is 0. The smallest absolute Gasteiger partial charge is 0.254 e. The van der Waals surface area contributed by atoms with Crippen LogP contribution in [-0.4, -0.2) is 45.0 Å². The van der Waals surface area contributed by atoms with Crippen LogP contribution in [0.5, 0.6) is 28.7 Å². The summed E-state index contributed by atoms with van der Waals surface area (Å²) < 4.78 is 28.5. The normalized spacial score (nSPS) is 15.8. The van der Waals surface area contributed by atoms with E-state index in [0.717, 1.165) is 22.4 Å². The molecule has 5 rings (SSSR count). The minimum absolute atomic E-state index is 0.0520. The molecule has 1 unspecified atom stereocenters. The Morgan fingerprint density at radius 1 is 1.06 bits per heavy atom. The standard InChI is InChI=1S/C28H27NO6/c1-4-12-33-27-24(31-2)14-20(15-25(27)32-3)26-21-16-23-22(34-17-35-23)13-19(21)10-11-29(26)28(30)18-8-6-5-7-9-18/h4-9,13-16,26H,1,10-12,17H2,2-3H3. The van der Waals surface area contributed by atoms with Crippen LogP contribution >= 0.6 is 0 Å². The van der Waals surface area contributed by atoms with Gasteiger partial charge in [-0.05, 0) is 59.5 Å². The Morgan fingerprint density at radius 3 is 2.40 bits per heavy atom. The Labute approximate surface area is 204 Å². The quantitative estimate of drug-likeness (QED) is 0.460. The molecule has 0 aromatic heterocycles. The lowest BCUT2D eigenvalue weighted by Gasteiger charge is -2.38. The highest BCUT2D eigenvalue weighted by atomic mass is 16.7. The fourth-order valence-electron chi connectivity index (χ4n) is 4.68. The minimum Gasteiger partial charge on any atom is -0.493 e. The molecule has 180 valence electrons. The molecule has 3 aromatic carbocycles. The number of benzene rings is 3. The molecule has 2 heterocycles. The molecule has 0 fully saturated rings. The molecular weight excluding hydrogens is 446 g/mol. The average molecular weight is 474 g/mol. The zero-order valence-electron chi connectivity index (χ0n) is 19.8. The second-order valence-electron chi connectivity index (χ2n) is 8.28. The fourth-order valence-corrected chi connectivity index (χ4v) is 4.68. The maximum Gasteiger partial charge on any atom is 0.254 e. The lowest BCUT2D eigenvalue weighted by molar-refractivity contribution is 0.0694. The zero-order chi connectivity index (χ0) is 24.4. The number of carbonyl (C=O) groups excluding carboxylic acids is 1. The van der Waals surface area contributed by atoms with E-state index in [9.17, 15) is 4.79 Å². The zero-order valence-corrected chi connectivity index (χ0v) is 19.8. The van der Waals surface area contributed by atoms with Gasteiger partial charge >= 0.3 is 0 Å². The van der Waals surface area contributed by atoms with E-state index in [1.807, 2.05) is 59.5 Å². The number of nitrogens with zero attached hydrogens (tertiary/aromatic N) is 1. The van der Waals surface area contributed by atoms with Crippen molar-refractivity contribution < 1.29 is 28.5 Å². The van der Waals surface area contributed by atoms with E-state index in [1.165, 1.54) is 0 Å². The van der Waals surface area contributed by atoms with Crippen LogP contribution in [0.25, 0.3) is 0 Å². The average Bonchev–Trinajstić information content (AvgIpc) is 3.37. The molecule has 1 amide bonds. The first kappa shape index (κ1) is 22.7.